The molecule has 0 N–H and O–H groups in total. The van der Waals surface area contributed by atoms with Crippen LogP contribution in [0.5, 0.6) is 0 Å². The molecule has 0 amide bonds. The van der Waals surface area contributed by atoms with Crippen LogP contribution in [0.1, 0.15) is 0 Å². The van der Waals surface area contributed by atoms with Gasteiger partial charge in [-0.05, 0) is 144 Å². The van der Waals surface area contributed by atoms with Crippen molar-refractivity contribution in [3.05, 3.63) is 255 Å². The largest absolute Gasteiger partial charge is 0.309 e. The molecule has 11 aromatic carbocycles. The van der Waals surface area contributed by atoms with Gasteiger partial charge in [0.05, 0.1) is 44.1 Å². The topological polar surface area (TPSA) is 19.7 Å². The monoisotopic (exact) mass is 890 g/mol. The van der Waals surface area contributed by atoms with E-state index in [1.54, 1.807) is 0 Å². The highest BCUT2D eigenvalue weighted by molar-refractivity contribution is 6.15. The molecular formula is C66H42N4. The third-order valence-electron chi connectivity index (χ3n) is 14.7. The van der Waals surface area contributed by atoms with Gasteiger partial charge in [-0.25, -0.2) is 0 Å². The third kappa shape index (κ3) is 5.71. The average Bonchev–Trinajstić information content (AvgIpc) is 4.15. The highest BCUT2D eigenvalue weighted by atomic mass is 15.0. The number of nitrogens with zero attached hydrogens (tertiary/aromatic N) is 4. The smallest absolute Gasteiger partial charge is 0.0542 e. The van der Waals surface area contributed by atoms with Crippen LogP contribution in [-0.2, 0) is 0 Å². The summed E-state index contributed by atoms with van der Waals surface area (Å²) in [5.41, 5.74) is 19.0. The summed E-state index contributed by atoms with van der Waals surface area (Å²) in [4.78, 5) is 0. The fourth-order valence-corrected chi connectivity index (χ4v) is 11.6. The molecule has 0 spiro atoms. The minimum absolute atomic E-state index is 1.15. The minimum Gasteiger partial charge on any atom is -0.309 e. The van der Waals surface area contributed by atoms with Gasteiger partial charge in [0.25, 0.3) is 0 Å². The van der Waals surface area contributed by atoms with Crippen molar-refractivity contribution in [2.24, 2.45) is 0 Å². The van der Waals surface area contributed by atoms with Crippen LogP contribution in [0.25, 0.3) is 132 Å². The summed E-state index contributed by atoms with van der Waals surface area (Å²) in [5.74, 6) is 0. The number of aromatic nitrogens is 4. The molecule has 70 heavy (non-hydrogen) atoms. The zero-order valence-electron chi connectivity index (χ0n) is 38.0. The van der Waals surface area contributed by atoms with Crippen molar-refractivity contribution in [3.63, 3.8) is 0 Å². The van der Waals surface area contributed by atoms with E-state index < -0.39 is 0 Å². The maximum absolute atomic E-state index is 2.44. The first-order chi connectivity index (χ1) is 34.7. The minimum atomic E-state index is 1.15. The van der Waals surface area contributed by atoms with Crippen LogP contribution in [0.2, 0.25) is 0 Å². The Labute approximate surface area is 403 Å². The normalized spacial score (nSPS) is 12.0. The second-order valence-corrected chi connectivity index (χ2v) is 18.5. The Morgan fingerprint density at radius 2 is 0.400 bits per heavy atom. The molecule has 0 radical (unpaired) electrons. The van der Waals surface area contributed by atoms with Crippen LogP contribution in [-0.4, -0.2) is 18.3 Å². The highest BCUT2D eigenvalue weighted by Crippen LogP contribution is 2.42. The van der Waals surface area contributed by atoms with Crippen molar-refractivity contribution in [2.45, 2.75) is 0 Å². The maximum atomic E-state index is 2.44. The van der Waals surface area contributed by atoms with E-state index in [0.29, 0.717) is 0 Å². The predicted molar refractivity (Wildman–Crippen MR) is 295 cm³/mol. The van der Waals surface area contributed by atoms with Gasteiger partial charge in [-0.3, -0.25) is 0 Å². The summed E-state index contributed by atoms with van der Waals surface area (Å²) >= 11 is 0. The zero-order valence-corrected chi connectivity index (χ0v) is 38.0. The van der Waals surface area contributed by atoms with E-state index in [2.05, 4.69) is 273 Å². The Kier molecular flexibility index (Phi) is 8.33. The van der Waals surface area contributed by atoms with Crippen molar-refractivity contribution in [1.29, 1.82) is 0 Å². The molecule has 15 aromatic rings. The molecule has 0 atom stereocenters. The van der Waals surface area contributed by atoms with E-state index in [1.807, 2.05) is 0 Å². The van der Waals surface area contributed by atoms with E-state index in [1.165, 1.54) is 115 Å². The summed E-state index contributed by atoms with van der Waals surface area (Å²) in [6, 6.07) is 93.5. The van der Waals surface area contributed by atoms with Crippen LogP contribution in [0.15, 0.2) is 255 Å². The predicted octanol–water partition coefficient (Wildman–Crippen LogP) is 17.4. The van der Waals surface area contributed by atoms with Gasteiger partial charge >= 0.3 is 0 Å². The molecule has 0 saturated heterocycles. The lowest BCUT2D eigenvalue weighted by Gasteiger charge is -2.11. The lowest BCUT2D eigenvalue weighted by Crippen LogP contribution is -1.95. The van der Waals surface area contributed by atoms with E-state index in [-0.39, 0.29) is 0 Å². The van der Waals surface area contributed by atoms with Gasteiger partial charge in [-0.2, -0.15) is 0 Å². The van der Waals surface area contributed by atoms with Crippen molar-refractivity contribution >= 4 is 87.2 Å². The van der Waals surface area contributed by atoms with Gasteiger partial charge in [-0.1, -0.05) is 133 Å². The van der Waals surface area contributed by atoms with E-state index in [4.69, 9.17) is 0 Å². The quantitative estimate of drug-likeness (QED) is 0.158. The van der Waals surface area contributed by atoms with Gasteiger partial charge in [0.15, 0.2) is 0 Å². The van der Waals surface area contributed by atoms with E-state index >= 15 is 0 Å². The summed E-state index contributed by atoms with van der Waals surface area (Å²) in [5, 5.41) is 9.91. The van der Waals surface area contributed by atoms with Gasteiger partial charge in [0, 0.05) is 65.8 Å². The van der Waals surface area contributed by atoms with Crippen LogP contribution in [0, 0.1) is 0 Å². The molecule has 0 aliphatic heterocycles. The third-order valence-corrected chi connectivity index (χ3v) is 14.7. The number of fused-ring (bicyclic) bond motifs is 12. The summed E-state index contributed by atoms with van der Waals surface area (Å²) in [6.07, 6.45) is 0. The first kappa shape index (κ1) is 38.7. The highest BCUT2D eigenvalue weighted by Gasteiger charge is 2.20. The standard InChI is InChI=1S/C66H42N4/c1-4-16-47(17-5-1)67-59-25-13-10-22-51(59)54-38-43(28-33-62(54)67)45-30-35-64-56(40-45)57-41-46(31-36-65(57)69(64)49-20-8-3-9-21-49)44-29-34-63-55(39-44)52-23-11-15-27-61(52)70(63)50-32-37-66-58(42-50)53-24-12-14-26-60(53)68(66)48-18-6-2-7-19-48/h1-42H. The van der Waals surface area contributed by atoms with Gasteiger partial charge in [0.1, 0.15) is 0 Å². The molecular weight excluding hydrogens is 849 g/mol. The fraction of sp³-hybridized carbons (Fsp3) is 0. The summed E-state index contributed by atoms with van der Waals surface area (Å²) < 4.78 is 9.62. The molecule has 4 heterocycles. The number of rotatable bonds is 6. The maximum Gasteiger partial charge on any atom is 0.0542 e. The van der Waals surface area contributed by atoms with Crippen molar-refractivity contribution in [1.82, 2.24) is 18.3 Å². The molecule has 4 heteroatoms. The molecule has 15 rings (SSSR count). The lowest BCUT2D eigenvalue weighted by atomic mass is 9.98. The lowest BCUT2D eigenvalue weighted by molar-refractivity contribution is 1.17. The molecule has 0 fully saturated rings. The Bertz CT molecular complexity index is 4570. The Balaban J connectivity index is 0.888. The number of hydrogen-bond acceptors (Lipinski definition) is 0. The summed E-state index contributed by atoms with van der Waals surface area (Å²) in [6.45, 7) is 0. The first-order valence-electron chi connectivity index (χ1n) is 24.1. The van der Waals surface area contributed by atoms with E-state index in [9.17, 15) is 0 Å². The molecule has 0 bridgehead atoms. The van der Waals surface area contributed by atoms with Gasteiger partial charge in [0.2, 0.25) is 0 Å². The zero-order chi connectivity index (χ0) is 45.9. The molecule has 0 saturated carbocycles. The Morgan fingerprint density at radius 3 is 0.743 bits per heavy atom. The van der Waals surface area contributed by atoms with Gasteiger partial charge in [-0.15, -0.1) is 0 Å². The number of para-hydroxylation sites is 6. The van der Waals surface area contributed by atoms with Crippen molar-refractivity contribution < 1.29 is 0 Å². The van der Waals surface area contributed by atoms with Crippen LogP contribution >= 0.6 is 0 Å². The molecule has 0 aliphatic carbocycles. The molecule has 4 aromatic heterocycles. The second-order valence-electron chi connectivity index (χ2n) is 18.5. The van der Waals surface area contributed by atoms with E-state index in [0.717, 1.165) is 17.1 Å². The summed E-state index contributed by atoms with van der Waals surface area (Å²) in [7, 11) is 0. The van der Waals surface area contributed by atoms with Crippen LogP contribution in [0.3, 0.4) is 0 Å². The van der Waals surface area contributed by atoms with Crippen molar-refractivity contribution in [3.8, 4) is 45.0 Å². The van der Waals surface area contributed by atoms with Gasteiger partial charge < -0.3 is 18.3 Å². The Morgan fingerprint density at radius 1 is 0.157 bits per heavy atom. The second kappa shape index (κ2) is 15.1. The number of benzene rings is 11. The molecule has 326 valence electrons. The van der Waals surface area contributed by atoms with Crippen molar-refractivity contribution in [2.75, 3.05) is 0 Å². The van der Waals surface area contributed by atoms with Crippen LogP contribution < -0.4 is 0 Å². The average molecular weight is 891 g/mol. The number of hydrogen-bond donors (Lipinski definition) is 0. The molecule has 4 nitrogen and oxygen atoms in total. The Hall–Kier alpha value is -9.38. The van der Waals surface area contributed by atoms with Crippen LogP contribution in [0.4, 0.5) is 0 Å². The molecule has 0 aliphatic rings. The molecule has 0 unspecified atom stereocenters. The fourth-order valence-electron chi connectivity index (χ4n) is 11.6. The first-order valence-corrected chi connectivity index (χ1v) is 24.1. The SMILES string of the molecule is c1ccc(-n2c3ccccc3c3cc(-c4ccc5c(c4)c4cc(-c6ccc7c(c6)c6ccccc6n7-c6ccc7c(c6)c6ccccc6n7-c6ccccc6)ccc4n5-c4ccccc4)ccc32)cc1.